The van der Waals surface area contributed by atoms with Crippen molar-refractivity contribution in [2.45, 2.75) is 25.7 Å². The Hall–Kier alpha value is -1.66. The van der Waals surface area contributed by atoms with E-state index in [1.54, 1.807) is 0 Å². The minimum absolute atomic E-state index is 0.0358. The Morgan fingerprint density at radius 2 is 1.29 bits per heavy atom. The summed E-state index contributed by atoms with van der Waals surface area (Å²) in [4.78, 5) is 24.7. The molecule has 1 saturated carbocycles. The molecule has 1 fully saturated rings. The van der Waals surface area contributed by atoms with Gasteiger partial charge in [-0.3, -0.25) is 9.59 Å². The van der Waals surface area contributed by atoms with Crippen molar-refractivity contribution < 1.29 is 9.59 Å². The lowest BCUT2D eigenvalue weighted by atomic mass is 9.81. The smallest absolute Gasteiger partial charge is 0.251 e. The van der Waals surface area contributed by atoms with E-state index in [1.165, 1.54) is 0 Å². The van der Waals surface area contributed by atoms with Gasteiger partial charge in [0.15, 0.2) is 0 Å². The summed E-state index contributed by atoms with van der Waals surface area (Å²) in [5.41, 5.74) is 1.34. The Balaban J connectivity index is 1.45. The molecule has 148 valence electrons. The van der Waals surface area contributed by atoms with Crippen LogP contribution in [0.1, 0.15) is 46.4 Å². The normalized spacial score (nSPS) is 19.1. The lowest BCUT2D eigenvalue weighted by Crippen LogP contribution is -2.35. The number of hydrogen-bond donors (Lipinski definition) is 2. The van der Waals surface area contributed by atoms with E-state index in [0.717, 1.165) is 34.6 Å². The summed E-state index contributed by atoms with van der Waals surface area (Å²) in [5.74, 6) is 0.841. The van der Waals surface area contributed by atoms with Gasteiger partial charge in [-0.2, -0.15) is 0 Å². The molecule has 1 aliphatic rings. The van der Waals surface area contributed by atoms with Crippen molar-refractivity contribution in [3.63, 3.8) is 0 Å². The molecule has 28 heavy (non-hydrogen) atoms. The maximum absolute atomic E-state index is 12.3. The molecule has 0 aromatic heterocycles. The number of carbonyl (C=O) groups is 2. The van der Waals surface area contributed by atoms with Crippen LogP contribution < -0.4 is 10.6 Å². The van der Waals surface area contributed by atoms with Gasteiger partial charge in [-0.05, 0) is 67.5 Å². The third-order valence-electron chi connectivity index (χ3n) is 5.17. The van der Waals surface area contributed by atoms with Crippen LogP contribution in [-0.4, -0.2) is 24.9 Å². The van der Waals surface area contributed by atoms with E-state index in [1.807, 2.05) is 48.5 Å². The van der Waals surface area contributed by atoms with E-state index in [0.29, 0.717) is 36.1 Å². The zero-order chi connectivity index (χ0) is 19.9. The number of carbonyl (C=O) groups excluding carboxylic acids is 2. The van der Waals surface area contributed by atoms with E-state index in [4.69, 9.17) is 0 Å². The van der Waals surface area contributed by atoms with E-state index >= 15 is 0 Å². The van der Waals surface area contributed by atoms with Crippen molar-refractivity contribution in [3.8, 4) is 0 Å². The maximum Gasteiger partial charge on any atom is 0.251 e. The summed E-state index contributed by atoms with van der Waals surface area (Å²) in [6, 6.07) is 14.8. The van der Waals surface area contributed by atoms with Crippen molar-refractivity contribution in [2.24, 2.45) is 11.8 Å². The Labute approximate surface area is 182 Å². The van der Waals surface area contributed by atoms with Gasteiger partial charge in [0.25, 0.3) is 11.8 Å². The van der Waals surface area contributed by atoms with Crippen LogP contribution in [0.5, 0.6) is 0 Å². The fourth-order valence-corrected chi connectivity index (χ4v) is 4.51. The monoisotopic (exact) mass is 506 g/mol. The molecule has 0 spiro atoms. The highest BCUT2D eigenvalue weighted by atomic mass is 79.9. The summed E-state index contributed by atoms with van der Waals surface area (Å²) in [7, 11) is 0. The Morgan fingerprint density at radius 1 is 0.821 bits per heavy atom. The van der Waals surface area contributed by atoms with Crippen LogP contribution in [0.25, 0.3) is 0 Å². The first kappa shape index (κ1) is 21.1. The fourth-order valence-electron chi connectivity index (χ4n) is 3.71. The molecule has 0 bridgehead atoms. The van der Waals surface area contributed by atoms with Gasteiger partial charge in [-0.15, -0.1) is 0 Å². The second-order valence-electron chi connectivity index (χ2n) is 7.34. The molecule has 0 unspecified atom stereocenters. The third kappa shape index (κ3) is 6.17. The Kier molecular flexibility index (Phi) is 7.68. The molecule has 2 N–H and O–H groups in total. The van der Waals surface area contributed by atoms with E-state index in [9.17, 15) is 9.59 Å². The predicted molar refractivity (Wildman–Crippen MR) is 118 cm³/mol. The molecular formula is C22H24Br2N2O2. The summed E-state index contributed by atoms with van der Waals surface area (Å²) < 4.78 is 1.80. The molecule has 0 aliphatic heterocycles. The average Bonchev–Trinajstić information content (AvgIpc) is 2.70. The topological polar surface area (TPSA) is 58.2 Å². The van der Waals surface area contributed by atoms with Crippen molar-refractivity contribution in [2.75, 3.05) is 13.1 Å². The number of hydrogen-bond acceptors (Lipinski definition) is 2. The maximum atomic E-state index is 12.3. The van der Waals surface area contributed by atoms with Crippen molar-refractivity contribution in [1.29, 1.82) is 0 Å². The third-order valence-corrected chi connectivity index (χ3v) is 6.15. The van der Waals surface area contributed by atoms with E-state index in [2.05, 4.69) is 42.5 Å². The van der Waals surface area contributed by atoms with Crippen LogP contribution in [-0.2, 0) is 0 Å². The highest BCUT2D eigenvalue weighted by molar-refractivity contribution is 9.10. The summed E-state index contributed by atoms with van der Waals surface area (Å²) in [6.45, 7) is 1.36. The van der Waals surface area contributed by atoms with Crippen LogP contribution >= 0.6 is 31.9 Å². The quantitative estimate of drug-likeness (QED) is 0.566. The molecule has 6 heteroatoms. The molecule has 0 radical (unpaired) electrons. The minimum Gasteiger partial charge on any atom is -0.352 e. The lowest BCUT2D eigenvalue weighted by Gasteiger charge is -2.29. The van der Waals surface area contributed by atoms with Crippen LogP contribution in [0.2, 0.25) is 0 Å². The molecule has 2 atom stereocenters. The predicted octanol–water partition coefficient (Wildman–Crippen LogP) is 5.18. The number of halogens is 2. The molecule has 2 aromatic rings. The Morgan fingerprint density at radius 3 is 1.71 bits per heavy atom. The Bertz CT molecular complexity index is 773. The molecular weight excluding hydrogens is 484 g/mol. The van der Waals surface area contributed by atoms with Crippen LogP contribution in [0.15, 0.2) is 57.5 Å². The first-order valence-corrected chi connectivity index (χ1v) is 11.2. The number of benzene rings is 2. The van der Waals surface area contributed by atoms with Gasteiger partial charge in [-0.25, -0.2) is 0 Å². The van der Waals surface area contributed by atoms with Crippen LogP contribution in [0.4, 0.5) is 0 Å². The second kappa shape index (κ2) is 10.2. The second-order valence-corrected chi connectivity index (χ2v) is 9.17. The number of rotatable bonds is 6. The zero-order valence-corrected chi connectivity index (χ0v) is 18.8. The van der Waals surface area contributed by atoms with Crippen molar-refractivity contribution in [3.05, 3.63) is 68.6 Å². The van der Waals surface area contributed by atoms with Gasteiger partial charge in [0.2, 0.25) is 0 Å². The van der Waals surface area contributed by atoms with Gasteiger partial charge >= 0.3 is 0 Å². The molecule has 2 aromatic carbocycles. The molecule has 1 aliphatic carbocycles. The number of amides is 2. The molecule has 0 saturated heterocycles. The van der Waals surface area contributed by atoms with Gasteiger partial charge in [0.05, 0.1) is 0 Å². The standard InChI is InChI=1S/C22H24Br2N2O2/c23-19-8-2-6-17(11-19)21(27)25-13-15-4-1-5-16(10-15)14-26-22(28)18-7-3-9-20(24)12-18/h2-3,6-9,11-12,15-16H,1,4-5,10,13-14H2,(H,25,27)(H,26,28)/t15-,16-/m1/s1. The fraction of sp³-hybridized carbons (Fsp3) is 0.364. The molecule has 4 nitrogen and oxygen atoms in total. The van der Waals surface area contributed by atoms with E-state index < -0.39 is 0 Å². The van der Waals surface area contributed by atoms with Crippen molar-refractivity contribution in [1.82, 2.24) is 10.6 Å². The highest BCUT2D eigenvalue weighted by Gasteiger charge is 2.23. The summed E-state index contributed by atoms with van der Waals surface area (Å²) >= 11 is 6.80. The zero-order valence-electron chi connectivity index (χ0n) is 15.6. The highest BCUT2D eigenvalue weighted by Crippen LogP contribution is 2.28. The van der Waals surface area contributed by atoms with Gasteiger partial charge < -0.3 is 10.6 Å². The van der Waals surface area contributed by atoms with Crippen molar-refractivity contribution >= 4 is 43.7 Å². The first-order chi connectivity index (χ1) is 13.5. The van der Waals surface area contributed by atoms with Gasteiger partial charge in [0, 0.05) is 33.2 Å². The molecule has 0 heterocycles. The van der Waals surface area contributed by atoms with Gasteiger partial charge in [0.1, 0.15) is 0 Å². The van der Waals surface area contributed by atoms with Gasteiger partial charge in [-0.1, -0.05) is 50.4 Å². The summed E-state index contributed by atoms with van der Waals surface area (Å²) in [5, 5.41) is 6.12. The molecule has 2 amide bonds. The summed E-state index contributed by atoms with van der Waals surface area (Å²) in [6.07, 6.45) is 4.40. The van der Waals surface area contributed by atoms with Crippen LogP contribution in [0, 0.1) is 11.8 Å². The van der Waals surface area contributed by atoms with Crippen LogP contribution in [0.3, 0.4) is 0 Å². The first-order valence-electron chi connectivity index (χ1n) is 9.59. The lowest BCUT2D eigenvalue weighted by molar-refractivity contribution is 0.0935. The molecule has 3 rings (SSSR count). The SMILES string of the molecule is O=C(NC[C@@H]1CCC[C@@H](CNC(=O)c2cccc(Br)c2)C1)c1cccc(Br)c1. The largest absolute Gasteiger partial charge is 0.352 e. The number of nitrogens with one attached hydrogen (secondary N) is 2. The van der Waals surface area contributed by atoms with E-state index in [-0.39, 0.29) is 11.8 Å². The minimum atomic E-state index is -0.0358. The average molecular weight is 508 g/mol.